The summed E-state index contributed by atoms with van der Waals surface area (Å²) in [6.45, 7) is 6.47. The van der Waals surface area contributed by atoms with Crippen molar-refractivity contribution in [2.24, 2.45) is 5.41 Å². The summed E-state index contributed by atoms with van der Waals surface area (Å²) in [4.78, 5) is 10.8. The standard InChI is InChI=1S/C8H15NO/c1-8(2,3)6-4-5-7(10)9-6/h6H,4-5H2,1-3H3,(H,9,10)/t6-/m1/s1. The molecule has 0 aromatic carbocycles. The molecular formula is C8H15NO. The van der Waals surface area contributed by atoms with E-state index in [9.17, 15) is 4.79 Å². The van der Waals surface area contributed by atoms with Crippen molar-refractivity contribution in [1.29, 1.82) is 0 Å². The number of amides is 1. The van der Waals surface area contributed by atoms with Gasteiger partial charge in [-0.25, -0.2) is 0 Å². The molecule has 0 bridgehead atoms. The summed E-state index contributed by atoms with van der Waals surface area (Å²) in [6.07, 6.45) is 1.71. The Morgan fingerprint density at radius 3 is 2.30 bits per heavy atom. The van der Waals surface area contributed by atoms with Crippen LogP contribution in [-0.4, -0.2) is 11.9 Å². The van der Waals surface area contributed by atoms with Crippen LogP contribution in [0, 0.1) is 5.41 Å². The predicted octanol–water partition coefficient (Wildman–Crippen LogP) is 1.31. The molecule has 0 saturated carbocycles. The van der Waals surface area contributed by atoms with Crippen LogP contribution in [0.3, 0.4) is 0 Å². The molecule has 1 rings (SSSR count). The van der Waals surface area contributed by atoms with Gasteiger partial charge in [-0.2, -0.15) is 0 Å². The third kappa shape index (κ3) is 1.49. The quantitative estimate of drug-likeness (QED) is 0.541. The molecule has 0 aromatic heterocycles. The Morgan fingerprint density at radius 1 is 1.50 bits per heavy atom. The second-order valence-corrected chi connectivity index (χ2v) is 4.02. The molecule has 1 N–H and O–H groups in total. The van der Waals surface area contributed by atoms with Crippen LogP contribution in [0.2, 0.25) is 0 Å². The summed E-state index contributed by atoms with van der Waals surface area (Å²) in [5.74, 6) is 0.208. The highest BCUT2D eigenvalue weighted by Crippen LogP contribution is 2.25. The van der Waals surface area contributed by atoms with E-state index in [2.05, 4.69) is 26.1 Å². The van der Waals surface area contributed by atoms with Crippen molar-refractivity contribution in [3.8, 4) is 0 Å². The Labute approximate surface area is 62.0 Å². The maximum absolute atomic E-state index is 10.8. The van der Waals surface area contributed by atoms with Crippen molar-refractivity contribution in [1.82, 2.24) is 5.32 Å². The monoisotopic (exact) mass is 141 g/mol. The van der Waals surface area contributed by atoms with E-state index < -0.39 is 0 Å². The molecule has 2 heteroatoms. The van der Waals surface area contributed by atoms with E-state index >= 15 is 0 Å². The van der Waals surface area contributed by atoms with E-state index in [4.69, 9.17) is 0 Å². The molecule has 0 spiro atoms. The van der Waals surface area contributed by atoms with Crippen molar-refractivity contribution < 1.29 is 4.79 Å². The Balaban J connectivity index is 2.53. The van der Waals surface area contributed by atoms with Gasteiger partial charge in [-0.05, 0) is 11.8 Å². The summed E-state index contributed by atoms with van der Waals surface area (Å²) >= 11 is 0. The van der Waals surface area contributed by atoms with Gasteiger partial charge >= 0.3 is 0 Å². The van der Waals surface area contributed by atoms with Gasteiger partial charge < -0.3 is 5.32 Å². The summed E-state index contributed by atoms with van der Waals surface area (Å²) in [7, 11) is 0. The van der Waals surface area contributed by atoms with Crippen LogP contribution in [0.4, 0.5) is 0 Å². The third-order valence-electron chi connectivity index (χ3n) is 2.04. The minimum atomic E-state index is 0.208. The minimum absolute atomic E-state index is 0.208. The summed E-state index contributed by atoms with van der Waals surface area (Å²) in [6, 6.07) is 0.389. The average molecular weight is 141 g/mol. The number of hydrogen-bond donors (Lipinski definition) is 1. The molecule has 0 unspecified atom stereocenters. The lowest BCUT2D eigenvalue weighted by molar-refractivity contribution is -0.119. The van der Waals surface area contributed by atoms with Gasteiger partial charge in [-0.1, -0.05) is 20.8 Å². The highest BCUT2D eigenvalue weighted by molar-refractivity contribution is 5.78. The minimum Gasteiger partial charge on any atom is -0.353 e. The first-order chi connectivity index (χ1) is 4.50. The predicted molar refractivity (Wildman–Crippen MR) is 40.6 cm³/mol. The molecule has 1 aliphatic rings. The lowest BCUT2D eigenvalue weighted by atomic mass is 9.86. The van der Waals surface area contributed by atoms with E-state index in [-0.39, 0.29) is 11.3 Å². The zero-order chi connectivity index (χ0) is 7.78. The Morgan fingerprint density at radius 2 is 2.10 bits per heavy atom. The summed E-state index contributed by atoms with van der Waals surface area (Å²) in [5.41, 5.74) is 0.228. The van der Waals surface area contributed by atoms with E-state index in [1.165, 1.54) is 0 Å². The highest BCUT2D eigenvalue weighted by atomic mass is 16.1. The molecule has 1 saturated heterocycles. The Bertz CT molecular complexity index is 146. The maximum atomic E-state index is 10.8. The van der Waals surface area contributed by atoms with Gasteiger partial charge in [0.25, 0.3) is 0 Å². The van der Waals surface area contributed by atoms with Crippen molar-refractivity contribution in [2.75, 3.05) is 0 Å². The first-order valence-electron chi connectivity index (χ1n) is 3.79. The number of nitrogens with one attached hydrogen (secondary N) is 1. The van der Waals surface area contributed by atoms with E-state index in [0.29, 0.717) is 12.5 Å². The molecule has 58 valence electrons. The van der Waals surface area contributed by atoms with Crippen LogP contribution in [0.25, 0.3) is 0 Å². The number of hydrogen-bond acceptors (Lipinski definition) is 1. The third-order valence-corrected chi connectivity index (χ3v) is 2.04. The molecule has 1 amide bonds. The molecule has 2 nitrogen and oxygen atoms in total. The smallest absolute Gasteiger partial charge is 0.220 e. The first-order valence-corrected chi connectivity index (χ1v) is 3.79. The van der Waals surface area contributed by atoms with E-state index in [1.54, 1.807) is 0 Å². The lowest BCUT2D eigenvalue weighted by Crippen LogP contribution is -2.36. The molecule has 0 aromatic rings. The Hall–Kier alpha value is -0.530. The normalized spacial score (nSPS) is 26.7. The zero-order valence-corrected chi connectivity index (χ0v) is 6.90. The van der Waals surface area contributed by atoms with Crippen LogP contribution in [-0.2, 0) is 4.79 Å². The molecule has 0 radical (unpaired) electrons. The van der Waals surface area contributed by atoms with Crippen molar-refractivity contribution >= 4 is 5.91 Å². The average Bonchev–Trinajstić information content (AvgIpc) is 2.11. The molecule has 10 heavy (non-hydrogen) atoms. The van der Waals surface area contributed by atoms with E-state index in [0.717, 1.165) is 6.42 Å². The second kappa shape index (κ2) is 2.26. The molecule has 1 atom stereocenters. The topological polar surface area (TPSA) is 29.1 Å². The summed E-state index contributed by atoms with van der Waals surface area (Å²) in [5, 5.41) is 2.95. The van der Waals surface area contributed by atoms with Gasteiger partial charge in [-0.15, -0.1) is 0 Å². The largest absolute Gasteiger partial charge is 0.353 e. The fraction of sp³-hybridized carbons (Fsp3) is 0.875. The van der Waals surface area contributed by atoms with E-state index in [1.807, 2.05) is 0 Å². The van der Waals surface area contributed by atoms with Gasteiger partial charge in [0.05, 0.1) is 0 Å². The number of carbonyl (C=O) groups excluding carboxylic acids is 1. The fourth-order valence-corrected chi connectivity index (χ4v) is 1.26. The van der Waals surface area contributed by atoms with Gasteiger partial charge in [0.1, 0.15) is 0 Å². The lowest BCUT2D eigenvalue weighted by Gasteiger charge is -2.26. The molecule has 1 fully saturated rings. The van der Waals surface area contributed by atoms with Gasteiger partial charge in [0.15, 0.2) is 0 Å². The van der Waals surface area contributed by atoms with Crippen molar-refractivity contribution in [2.45, 2.75) is 39.7 Å². The van der Waals surface area contributed by atoms with Gasteiger partial charge in [0, 0.05) is 12.5 Å². The van der Waals surface area contributed by atoms with Gasteiger partial charge in [-0.3, -0.25) is 4.79 Å². The highest BCUT2D eigenvalue weighted by Gasteiger charge is 2.30. The molecule has 0 aliphatic carbocycles. The number of carbonyl (C=O) groups is 1. The second-order valence-electron chi connectivity index (χ2n) is 4.02. The first kappa shape index (κ1) is 7.58. The zero-order valence-electron chi connectivity index (χ0n) is 6.90. The van der Waals surface area contributed by atoms with Crippen LogP contribution >= 0.6 is 0 Å². The Kier molecular flexibility index (Phi) is 1.71. The van der Waals surface area contributed by atoms with Crippen molar-refractivity contribution in [3.05, 3.63) is 0 Å². The van der Waals surface area contributed by atoms with Crippen LogP contribution in [0.1, 0.15) is 33.6 Å². The maximum Gasteiger partial charge on any atom is 0.220 e. The molecule has 1 heterocycles. The SMILES string of the molecule is CC(C)(C)[C@H]1CCC(=O)N1. The number of rotatable bonds is 0. The molecular weight excluding hydrogens is 126 g/mol. The molecule has 1 aliphatic heterocycles. The summed E-state index contributed by atoms with van der Waals surface area (Å²) < 4.78 is 0. The van der Waals surface area contributed by atoms with Crippen LogP contribution < -0.4 is 5.32 Å². The van der Waals surface area contributed by atoms with Crippen LogP contribution in [0.15, 0.2) is 0 Å². The van der Waals surface area contributed by atoms with Crippen molar-refractivity contribution in [3.63, 3.8) is 0 Å². The fourth-order valence-electron chi connectivity index (χ4n) is 1.26. The van der Waals surface area contributed by atoms with Crippen LogP contribution in [0.5, 0.6) is 0 Å². The van der Waals surface area contributed by atoms with Gasteiger partial charge in [0.2, 0.25) is 5.91 Å².